The van der Waals surface area contributed by atoms with Crippen molar-refractivity contribution in [1.82, 2.24) is 82.0 Å². The van der Waals surface area contributed by atoms with E-state index in [0.717, 1.165) is 33.5 Å². The van der Waals surface area contributed by atoms with Gasteiger partial charge in [0.05, 0.1) is 11.8 Å². The highest BCUT2D eigenvalue weighted by atomic mass is 19.2. The number of aromatic nitrogens is 12. The van der Waals surface area contributed by atoms with Crippen molar-refractivity contribution in [1.29, 1.82) is 0 Å². The molecular formula is C106H103F5N24O11. The molecule has 10 atom stereocenters. The second-order valence-corrected chi connectivity index (χ2v) is 34.9. The molecule has 40 heteroatoms. The molecule has 2 unspecified atom stereocenters. The predicted molar refractivity (Wildman–Crippen MR) is 534 cm³/mol. The van der Waals surface area contributed by atoms with E-state index < -0.39 is 90.7 Å². The number of carboxylic acid groups (broad SMARTS) is 1. The first-order valence-corrected chi connectivity index (χ1v) is 46.7. The number of likely N-dealkylation sites (N-methyl/N-ethyl adjacent to an activating group) is 5. The largest absolute Gasteiger partial charge is 0.477 e. The number of alkyl halides is 5. The molecule has 146 heavy (non-hydrogen) atoms. The molecule has 20 rings (SSSR count). The topological polar surface area (TPSA) is 472 Å². The number of carboxylic acids is 1. The van der Waals surface area contributed by atoms with Crippen LogP contribution in [0, 0.1) is 0 Å². The Kier molecular flexibility index (Phi) is 33.6. The first-order chi connectivity index (χ1) is 70.5. The molecule has 0 radical (unpaired) electrons. The van der Waals surface area contributed by atoms with Crippen LogP contribution in [0.25, 0.3) is 0 Å². The number of nitrogens with two attached hydrogens (primary N) is 1. The number of nitrogens with zero attached hydrogens (tertiary/aromatic N) is 15. The molecule has 0 spiro atoms. The summed E-state index contributed by atoms with van der Waals surface area (Å²) in [6.45, 7) is 0. The van der Waals surface area contributed by atoms with Gasteiger partial charge in [-0.15, -0.1) is 25.5 Å². The minimum Gasteiger partial charge on any atom is -0.477 e. The lowest BCUT2D eigenvalue weighted by Gasteiger charge is -2.21. The predicted octanol–water partition coefficient (Wildman–Crippen LogP) is 13.2. The average Bonchev–Trinajstić information content (AvgIpc) is 1.59. The number of H-pyrrole nitrogens is 4. The van der Waals surface area contributed by atoms with E-state index in [-0.39, 0.29) is 90.6 Å². The molecule has 11 N–H and O–H groups in total. The molecule has 4 aromatic heterocycles. The number of carbonyl (C=O) groups is 10. The van der Waals surface area contributed by atoms with E-state index in [0.29, 0.717) is 118 Å². The Labute approximate surface area is 834 Å². The number of aliphatic carboxylic acids is 1. The summed E-state index contributed by atoms with van der Waals surface area (Å²) in [6, 6.07) is 77.8. The van der Waals surface area contributed by atoms with Crippen LogP contribution in [0.3, 0.4) is 0 Å². The number of rotatable bonds is 19. The van der Waals surface area contributed by atoms with Crippen LogP contribution in [-0.2, 0) is 60.9 Å². The van der Waals surface area contributed by atoms with E-state index in [2.05, 4.69) is 92.2 Å². The quantitative estimate of drug-likeness (QED) is 0.0336. The molecule has 0 saturated carbocycles. The summed E-state index contributed by atoms with van der Waals surface area (Å²) >= 11 is 0. The third-order valence-electron chi connectivity index (χ3n) is 24.8. The molecule has 748 valence electrons. The van der Waals surface area contributed by atoms with Gasteiger partial charge in [0.1, 0.15) is 78.3 Å². The van der Waals surface area contributed by atoms with Gasteiger partial charge in [0.2, 0.25) is 52.8 Å². The number of carbonyl (C=O) groups excluding carboxylic acids is 9. The Balaban J connectivity index is 0.000000134. The van der Waals surface area contributed by atoms with E-state index in [9.17, 15) is 69.9 Å². The number of aromatic amines is 4. The number of anilines is 5. The van der Waals surface area contributed by atoms with E-state index in [1.54, 1.807) is 157 Å². The van der Waals surface area contributed by atoms with Gasteiger partial charge in [0.15, 0.2) is 5.71 Å². The lowest BCUT2D eigenvalue weighted by atomic mass is 10.0. The molecule has 0 aliphatic carbocycles. The lowest BCUT2D eigenvalue weighted by Crippen LogP contribution is -2.47. The SMILES string of the molecule is CN1C(=O)C(N)CC(F)c2ccccc21.CN1C(=O)[C@@H](NC(=O)c2n[nH]c(Cc3ccccc3)n2)C[C@@H](F)c2ccccc21.CN1C(=O)[C@@H](NC(=O)c2n[nH]c(Cc3ccccc3)n2)C[C@H](F)c2ccccc21.CN1C(=O)[C@H](NC(=O)c2n[nH]c(Cc3ccccc3)n2)C[C@@H](F)c2ccccc21.CN1C(=O)[C@H](NC(=O)c2n[nH]c(Cc3ccccc3)n2)C[C@H](F)c2ccccc21.O=C(O)C1=NN=C(Cc2ccccc2)C1. The highest BCUT2D eigenvalue weighted by Gasteiger charge is 2.41. The summed E-state index contributed by atoms with van der Waals surface area (Å²) in [5.74, 6) is -3.43. The van der Waals surface area contributed by atoms with Gasteiger partial charge in [-0.3, -0.25) is 63.5 Å². The van der Waals surface area contributed by atoms with Crippen LogP contribution in [0.4, 0.5) is 50.4 Å². The van der Waals surface area contributed by atoms with Crippen molar-refractivity contribution in [2.24, 2.45) is 15.9 Å². The van der Waals surface area contributed by atoms with Crippen molar-refractivity contribution in [3.8, 4) is 0 Å². The van der Waals surface area contributed by atoms with Crippen molar-refractivity contribution in [3.05, 3.63) is 375 Å². The Morgan fingerprint density at radius 2 is 0.521 bits per heavy atom. The summed E-state index contributed by atoms with van der Waals surface area (Å²) in [4.78, 5) is 147. The number of fused-ring (bicyclic) bond motifs is 5. The number of nitrogens with one attached hydrogen (secondary N) is 8. The van der Waals surface area contributed by atoms with Gasteiger partial charge in [-0.1, -0.05) is 243 Å². The standard InChI is InChI=1S/4C21H20FN5O2.C11H13FN2O.C11H10N2O2/c4*1-27-17-10-6-5-9-14(17)15(22)12-16(21(27)29)23-20(28)19-24-18(25-26-19)11-13-7-3-2-4-8-13;1-14-10-5-3-2-4-7(10)8(12)6-9(13)11(14)15;14-11(15)10-7-9(12-13-10)6-8-4-2-1-3-5-8/h4*2-10,15-16H,11-12H2,1H3,(H,23,28)(H,24,25,26);2-5,8-9H,6,13H2,1H3;1-5H,6-7H2,(H,14,15)/t2*15-,16+;2*15-,16-;;/m1010../s1. The number of halogens is 5. The van der Waals surface area contributed by atoms with Gasteiger partial charge >= 0.3 is 5.97 Å². The van der Waals surface area contributed by atoms with Crippen LogP contribution >= 0.6 is 0 Å². The van der Waals surface area contributed by atoms with Crippen LogP contribution in [0.1, 0.15) is 191 Å². The van der Waals surface area contributed by atoms with E-state index in [1.807, 2.05) is 152 Å². The Hall–Kier alpha value is -17.6. The van der Waals surface area contributed by atoms with Gasteiger partial charge < -0.3 is 56.6 Å². The van der Waals surface area contributed by atoms with Gasteiger partial charge in [-0.25, -0.2) is 46.7 Å². The third kappa shape index (κ3) is 25.6. The first-order valence-electron chi connectivity index (χ1n) is 46.7. The number of benzene rings is 10. The average molecular weight is 1980 g/mol. The highest BCUT2D eigenvalue weighted by molar-refractivity contribution is 6.40. The highest BCUT2D eigenvalue weighted by Crippen LogP contribution is 2.41. The molecule has 10 heterocycles. The normalized spacial score (nSPS) is 19.1. The fraction of sp³-hybridized carbons (Fsp3) is 0.245. The Morgan fingerprint density at radius 3 is 0.753 bits per heavy atom. The summed E-state index contributed by atoms with van der Waals surface area (Å²) in [6.07, 6.45) is -4.17. The van der Waals surface area contributed by atoms with Gasteiger partial charge in [-0.05, 0) is 58.1 Å². The maximum Gasteiger partial charge on any atom is 0.352 e. The second-order valence-electron chi connectivity index (χ2n) is 34.9. The molecule has 35 nitrogen and oxygen atoms in total. The van der Waals surface area contributed by atoms with Crippen LogP contribution in [0.15, 0.2) is 283 Å². The third-order valence-corrected chi connectivity index (χ3v) is 24.8. The van der Waals surface area contributed by atoms with E-state index >= 15 is 0 Å². The van der Waals surface area contributed by atoms with E-state index in [1.165, 1.54) is 24.5 Å². The molecular weight excluding hydrogens is 1880 g/mol. The van der Waals surface area contributed by atoms with Gasteiger partial charge in [0, 0.05) is 162 Å². The van der Waals surface area contributed by atoms with Crippen molar-refractivity contribution in [2.45, 2.75) is 132 Å². The molecule has 9 amide bonds. The number of para-hydroxylation sites is 5. The van der Waals surface area contributed by atoms with E-state index in [4.69, 9.17) is 10.8 Å². The summed E-state index contributed by atoms with van der Waals surface area (Å²) in [7, 11) is 7.91. The lowest BCUT2D eigenvalue weighted by molar-refractivity contribution is -0.129. The van der Waals surface area contributed by atoms with Crippen LogP contribution in [0.5, 0.6) is 0 Å². The zero-order chi connectivity index (χ0) is 103. The van der Waals surface area contributed by atoms with Crippen LogP contribution in [0.2, 0.25) is 0 Å². The van der Waals surface area contributed by atoms with Crippen molar-refractivity contribution in [3.63, 3.8) is 0 Å². The maximum atomic E-state index is 14.8. The van der Waals surface area contributed by atoms with Crippen molar-refractivity contribution < 1.29 is 75.0 Å². The summed E-state index contributed by atoms with van der Waals surface area (Å²) in [5, 5.41) is 53.2. The smallest absolute Gasteiger partial charge is 0.352 e. The van der Waals surface area contributed by atoms with Gasteiger partial charge in [-0.2, -0.15) is 5.10 Å². The molecule has 10 aromatic carbocycles. The summed E-state index contributed by atoms with van der Waals surface area (Å²) < 4.78 is 72.8. The van der Waals surface area contributed by atoms with Gasteiger partial charge in [0.25, 0.3) is 23.6 Å². The maximum absolute atomic E-state index is 14.8. The zero-order valence-corrected chi connectivity index (χ0v) is 79.7. The fourth-order valence-electron chi connectivity index (χ4n) is 17.1. The Bertz CT molecular complexity index is 6390. The van der Waals surface area contributed by atoms with Crippen molar-refractivity contribution >= 4 is 99.0 Å². The number of amides is 9. The monoisotopic (exact) mass is 1980 g/mol. The second kappa shape index (κ2) is 47.8. The number of hydrogen-bond donors (Lipinski definition) is 10. The fourth-order valence-corrected chi connectivity index (χ4v) is 17.1. The molecule has 14 aromatic rings. The number of hydrogen-bond acceptors (Lipinski definition) is 21. The minimum atomic E-state index is -1.37. The zero-order valence-electron chi connectivity index (χ0n) is 79.7. The minimum absolute atomic E-state index is 0.0557. The molecule has 6 aliphatic rings. The molecule has 6 aliphatic heterocycles. The molecule has 0 fully saturated rings. The molecule has 0 saturated heterocycles. The first kappa shape index (κ1) is 103. The Morgan fingerprint density at radius 1 is 0.308 bits per heavy atom. The van der Waals surface area contributed by atoms with Crippen LogP contribution in [-0.4, -0.2) is 202 Å². The molecule has 0 bridgehead atoms. The summed E-state index contributed by atoms with van der Waals surface area (Å²) in [5.41, 5.74) is 16.7. The van der Waals surface area contributed by atoms with Crippen molar-refractivity contribution in [2.75, 3.05) is 59.7 Å². The van der Waals surface area contributed by atoms with Crippen LogP contribution < -0.4 is 51.5 Å².